The van der Waals surface area contributed by atoms with Gasteiger partial charge in [0.15, 0.2) is 10.9 Å². The second-order valence-electron chi connectivity index (χ2n) is 18.3. The van der Waals surface area contributed by atoms with Crippen LogP contribution < -0.4 is 29.9 Å². The Morgan fingerprint density at radius 1 is 0.972 bits per heavy atom. The molecule has 0 saturated carbocycles. The van der Waals surface area contributed by atoms with Crippen LogP contribution in [0.25, 0.3) is 10.4 Å². The van der Waals surface area contributed by atoms with Gasteiger partial charge in [-0.15, -0.1) is 11.3 Å². The largest absolute Gasteiger partial charge is 0.479 e. The van der Waals surface area contributed by atoms with E-state index in [1.54, 1.807) is 16.2 Å². The van der Waals surface area contributed by atoms with Crippen LogP contribution in [-0.2, 0) is 46.1 Å². The van der Waals surface area contributed by atoms with Crippen molar-refractivity contribution in [2.75, 3.05) is 69.7 Å². The van der Waals surface area contributed by atoms with E-state index < -0.39 is 63.7 Å². The number of ether oxygens (including phenoxy) is 5. The fourth-order valence-electron chi connectivity index (χ4n) is 8.13. The number of nitriles is 1. The molecule has 2 aliphatic rings. The minimum Gasteiger partial charge on any atom is -0.479 e. The average Bonchev–Trinajstić information content (AvgIpc) is 4.05. The van der Waals surface area contributed by atoms with Crippen molar-refractivity contribution in [3.8, 4) is 28.3 Å². The van der Waals surface area contributed by atoms with Gasteiger partial charge in [-0.25, -0.2) is 9.37 Å². The molecule has 72 heavy (non-hydrogen) atoms. The van der Waals surface area contributed by atoms with Crippen LogP contribution in [0.3, 0.4) is 0 Å². The number of rotatable bonds is 21. The third-order valence-corrected chi connectivity index (χ3v) is 13.2. The van der Waals surface area contributed by atoms with Gasteiger partial charge in [0.2, 0.25) is 29.5 Å². The molecule has 2 aliphatic heterocycles. The van der Waals surface area contributed by atoms with E-state index in [9.17, 15) is 37.6 Å². The van der Waals surface area contributed by atoms with E-state index in [1.165, 1.54) is 44.1 Å². The van der Waals surface area contributed by atoms with E-state index in [4.69, 9.17) is 35.9 Å². The number of thiazole rings is 1. The molecule has 4 amide bonds. The summed E-state index contributed by atoms with van der Waals surface area (Å²) in [7, 11) is 1.30. The van der Waals surface area contributed by atoms with Gasteiger partial charge in [0, 0.05) is 19.2 Å². The number of aromatic nitrogens is 2. The Hall–Kier alpha value is -6.32. The molecule has 2 fully saturated rings. The van der Waals surface area contributed by atoms with Crippen LogP contribution in [0.2, 0.25) is 0 Å². The zero-order valence-electron chi connectivity index (χ0n) is 40.8. The molecule has 2 saturated heterocycles. The first-order valence-electron chi connectivity index (χ1n) is 22.9. The Kier molecular flexibility index (Phi) is 17.9. The van der Waals surface area contributed by atoms with Gasteiger partial charge in [0.25, 0.3) is 5.91 Å². The molecule has 2 N–H and O–H groups in total. The van der Waals surface area contributed by atoms with Crippen LogP contribution in [0.1, 0.15) is 69.8 Å². The highest BCUT2D eigenvalue weighted by Gasteiger charge is 2.53. The lowest BCUT2D eigenvalue weighted by Gasteiger charge is -2.35. The van der Waals surface area contributed by atoms with Crippen molar-refractivity contribution < 1.29 is 60.4 Å². The molecule has 2 atom stereocenters. The van der Waals surface area contributed by atoms with E-state index >= 15 is 4.39 Å². The number of hydrogen-bond donors (Lipinski definition) is 2. The number of pyridine rings is 1. The zero-order valence-corrected chi connectivity index (χ0v) is 42.4. The number of anilines is 2. The number of hydrogen-bond acceptors (Lipinski definition) is 14. The molecule has 386 valence electrons. The fraction of sp³-hybridized carbons (Fsp3) is 0.469. The molecule has 0 radical (unpaired) electrons. The number of thiocarbonyl (C=S) groups is 1. The summed E-state index contributed by atoms with van der Waals surface area (Å²) in [5.41, 5.74) is -0.840. The summed E-state index contributed by atoms with van der Waals surface area (Å²) >= 11 is 7.10. The van der Waals surface area contributed by atoms with Crippen molar-refractivity contribution in [3.63, 3.8) is 0 Å². The molecule has 0 bridgehead atoms. The normalized spacial score (nSPS) is 16.2. The first-order valence-corrected chi connectivity index (χ1v) is 24.2. The Labute approximate surface area is 423 Å². The Morgan fingerprint density at radius 3 is 2.24 bits per heavy atom. The maximum absolute atomic E-state index is 15.5. The standard InChI is InChI=1S/C49H56F4N8O9S2/c1-29-40(72-28-56-29)31-12-10-30(11-13-31)26-55-42(63)34-9-8-18-59(34)44(64)41(47(2,3)4)57-36(62)27-69-22-21-67-19-20-68-23-24-70-37-17-16-35(43(58-37)66-7)61-46(71)60(45(65)48(61,5)6)33-15-14-32(25-54)38(39(33)50)49(51,52)53/h10-17,28,34,41H,8-9,18-24,26-27H2,1-7H3,(H,55,63)(H,57,62)/t34-,41+/m0/s1. The van der Waals surface area contributed by atoms with Gasteiger partial charge in [-0.3, -0.25) is 29.0 Å². The van der Waals surface area contributed by atoms with Crippen LogP contribution in [0, 0.1) is 29.5 Å². The van der Waals surface area contributed by atoms with Gasteiger partial charge in [-0.1, -0.05) is 45.0 Å². The van der Waals surface area contributed by atoms with Crippen LogP contribution in [0.4, 0.5) is 28.9 Å². The van der Waals surface area contributed by atoms with Crippen molar-refractivity contribution in [1.29, 1.82) is 5.26 Å². The first-order chi connectivity index (χ1) is 34.1. The van der Waals surface area contributed by atoms with Crippen molar-refractivity contribution in [1.82, 2.24) is 25.5 Å². The molecule has 23 heteroatoms. The van der Waals surface area contributed by atoms with Crippen LogP contribution >= 0.6 is 23.6 Å². The van der Waals surface area contributed by atoms with Crippen LogP contribution in [0.5, 0.6) is 11.8 Å². The summed E-state index contributed by atoms with van der Waals surface area (Å²) < 4.78 is 84.6. The molecule has 0 spiro atoms. The van der Waals surface area contributed by atoms with Crippen LogP contribution in [0.15, 0.2) is 54.0 Å². The molecule has 4 heterocycles. The van der Waals surface area contributed by atoms with E-state index in [0.717, 1.165) is 33.8 Å². The second kappa shape index (κ2) is 23.5. The monoisotopic (exact) mass is 1040 g/mol. The molecule has 17 nitrogen and oxygen atoms in total. The van der Waals surface area contributed by atoms with Gasteiger partial charge < -0.3 is 39.2 Å². The lowest BCUT2D eigenvalue weighted by Crippen LogP contribution is -2.58. The highest BCUT2D eigenvalue weighted by atomic mass is 32.1. The average molecular weight is 1040 g/mol. The van der Waals surface area contributed by atoms with Crippen molar-refractivity contribution in [2.24, 2.45) is 5.41 Å². The summed E-state index contributed by atoms with van der Waals surface area (Å²) in [4.78, 5) is 67.1. The highest BCUT2D eigenvalue weighted by Crippen LogP contribution is 2.44. The molecule has 6 rings (SSSR count). The lowest BCUT2D eigenvalue weighted by atomic mass is 9.85. The number of carbonyl (C=O) groups excluding carboxylic acids is 4. The number of nitrogens with zero attached hydrogens (tertiary/aromatic N) is 6. The maximum Gasteiger partial charge on any atom is 0.420 e. The number of nitrogens with one attached hydrogen (secondary N) is 2. The molecule has 2 aromatic carbocycles. The predicted octanol–water partition coefficient (Wildman–Crippen LogP) is 6.74. The van der Waals surface area contributed by atoms with Crippen molar-refractivity contribution in [3.05, 3.63) is 82.2 Å². The lowest BCUT2D eigenvalue weighted by molar-refractivity contribution is -0.144. The summed E-state index contributed by atoms with van der Waals surface area (Å²) in [6.45, 7) is 11.6. The Morgan fingerprint density at radius 2 is 1.62 bits per heavy atom. The van der Waals surface area contributed by atoms with E-state index in [-0.39, 0.29) is 80.6 Å². The summed E-state index contributed by atoms with van der Waals surface area (Å²) in [5.74, 6) is -3.68. The molecular weight excluding hydrogens is 985 g/mol. The number of aryl methyl sites for hydroxylation is 1. The summed E-state index contributed by atoms with van der Waals surface area (Å²) in [6, 6.07) is 12.3. The van der Waals surface area contributed by atoms with Gasteiger partial charge in [0.05, 0.1) is 73.5 Å². The molecular formula is C49H56F4N8O9S2. The minimum absolute atomic E-state index is 0.0559. The molecule has 4 aromatic rings. The summed E-state index contributed by atoms with van der Waals surface area (Å²) in [5, 5.41) is 14.6. The second-order valence-corrected chi connectivity index (χ2v) is 19.5. The van der Waals surface area contributed by atoms with Gasteiger partial charge in [0.1, 0.15) is 42.1 Å². The zero-order chi connectivity index (χ0) is 52.5. The predicted molar refractivity (Wildman–Crippen MR) is 262 cm³/mol. The Balaban J connectivity index is 0.889. The number of carbonyl (C=O) groups is 4. The molecule has 0 aliphatic carbocycles. The number of methoxy groups -OCH3 is 1. The maximum atomic E-state index is 15.5. The number of likely N-dealkylation sites (tertiary alicyclic amines) is 1. The van der Waals surface area contributed by atoms with Gasteiger partial charge >= 0.3 is 6.18 Å². The van der Waals surface area contributed by atoms with Crippen LogP contribution in [-0.4, -0.2) is 121 Å². The third kappa shape index (κ3) is 12.6. The van der Waals surface area contributed by atoms with E-state index in [2.05, 4.69) is 20.6 Å². The van der Waals surface area contributed by atoms with E-state index in [0.29, 0.717) is 30.8 Å². The summed E-state index contributed by atoms with van der Waals surface area (Å²) in [6.07, 6.45) is -4.06. The quantitative estimate of drug-likeness (QED) is 0.0506. The van der Waals surface area contributed by atoms with Crippen molar-refractivity contribution in [2.45, 2.75) is 84.7 Å². The molecule has 2 aromatic heterocycles. The number of alkyl halides is 3. The molecule has 0 unspecified atom stereocenters. The van der Waals surface area contributed by atoms with Gasteiger partial charge in [-0.2, -0.15) is 23.4 Å². The number of amides is 4. The SMILES string of the molecule is COc1nc(OCCOCCOCCOCC(=O)N[C@H](C(=O)N2CCC[C@H]2C(=O)NCc2ccc(-c3scnc3C)cc2)C(C)(C)C)ccc1N1C(=S)N(c2ccc(C#N)c(C(F)(F)F)c2F)C(=O)C1(C)C. The number of benzene rings is 2. The highest BCUT2D eigenvalue weighted by molar-refractivity contribution is 7.81. The Bertz CT molecular complexity index is 2670. The van der Waals surface area contributed by atoms with Gasteiger partial charge in [-0.05, 0) is 80.6 Å². The third-order valence-electron chi connectivity index (χ3n) is 11.8. The number of halogens is 4. The van der Waals surface area contributed by atoms with Crippen molar-refractivity contribution >= 4 is 63.7 Å². The first kappa shape index (κ1) is 55.0. The topological polar surface area (TPSA) is 198 Å². The smallest absolute Gasteiger partial charge is 0.420 e. The fourth-order valence-corrected chi connectivity index (χ4v) is 9.45. The minimum atomic E-state index is -5.22. The van der Waals surface area contributed by atoms with E-state index in [1.807, 2.05) is 57.5 Å².